The minimum absolute atomic E-state index is 0.0866. The van der Waals surface area contributed by atoms with Crippen LogP contribution in [-0.2, 0) is 4.79 Å². The summed E-state index contributed by atoms with van der Waals surface area (Å²) in [6, 6.07) is 22.8. The number of amides is 1. The topological polar surface area (TPSA) is 84.2 Å². The third-order valence-corrected chi connectivity index (χ3v) is 7.04. The van der Waals surface area contributed by atoms with E-state index in [2.05, 4.69) is 20.9 Å². The molecule has 0 bridgehead atoms. The molecule has 0 aliphatic carbocycles. The van der Waals surface area contributed by atoms with Gasteiger partial charge in [-0.05, 0) is 60.5 Å². The summed E-state index contributed by atoms with van der Waals surface area (Å²) in [4.78, 5) is 18.8. The average molecular weight is 590 g/mol. The normalized spacial score (nSPS) is 15.7. The quantitative estimate of drug-likeness (QED) is 0.223. The Morgan fingerprint density at radius 1 is 0.974 bits per heavy atom. The molecule has 3 aromatic carbocycles. The zero-order valence-electron chi connectivity index (χ0n) is 20.5. The molecule has 9 heteroatoms. The van der Waals surface area contributed by atoms with Gasteiger partial charge in [0.2, 0.25) is 0 Å². The third kappa shape index (κ3) is 5.69. The maximum atomic E-state index is 12.9. The van der Waals surface area contributed by atoms with E-state index in [0.717, 1.165) is 21.5 Å². The van der Waals surface area contributed by atoms with E-state index < -0.39 is 5.91 Å². The number of fused-ring (bicyclic) bond motifs is 1. The summed E-state index contributed by atoms with van der Waals surface area (Å²) < 4.78 is 18.4. The molecule has 0 aromatic heterocycles. The van der Waals surface area contributed by atoms with Crippen molar-refractivity contribution in [2.24, 2.45) is 4.99 Å². The molecule has 0 spiro atoms. The van der Waals surface area contributed by atoms with Gasteiger partial charge in [0.1, 0.15) is 24.8 Å². The maximum Gasteiger partial charge on any atom is 0.283 e. The number of ether oxygens (including phenoxy) is 3. The van der Waals surface area contributed by atoms with Crippen LogP contribution < -0.4 is 14.2 Å². The zero-order chi connectivity index (χ0) is 26.5. The molecule has 5 rings (SSSR count). The number of hydrogen-bond acceptors (Lipinski definition) is 6. The van der Waals surface area contributed by atoms with E-state index in [1.54, 1.807) is 23.1 Å². The van der Waals surface area contributed by atoms with Crippen LogP contribution in [0.3, 0.4) is 0 Å². The molecule has 7 nitrogen and oxygen atoms in total. The molecule has 0 saturated heterocycles. The summed E-state index contributed by atoms with van der Waals surface area (Å²) in [6.45, 7) is 3.05. The Hall–Kier alpha value is -3.82. The monoisotopic (exact) mass is 589 g/mol. The van der Waals surface area contributed by atoms with Gasteiger partial charge in [-0.15, -0.1) is 0 Å². The van der Waals surface area contributed by atoms with Crippen LogP contribution in [0.25, 0.3) is 11.8 Å². The number of aliphatic imine (C=N–C) groups is 1. The van der Waals surface area contributed by atoms with Crippen molar-refractivity contribution in [3.63, 3.8) is 0 Å². The van der Waals surface area contributed by atoms with E-state index in [-0.39, 0.29) is 11.4 Å². The van der Waals surface area contributed by atoms with Crippen molar-refractivity contribution >= 4 is 56.4 Å². The fourth-order valence-corrected chi connectivity index (χ4v) is 5.08. The van der Waals surface area contributed by atoms with Crippen LogP contribution >= 0.6 is 27.7 Å². The Bertz CT molecular complexity index is 1450. The van der Waals surface area contributed by atoms with Crippen LogP contribution in [0.5, 0.6) is 17.2 Å². The predicted octanol–water partition coefficient (Wildman–Crippen LogP) is 6.61. The van der Waals surface area contributed by atoms with E-state index in [9.17, 15) is 4.79 Å². The smallest absolute Gasteiger partial charge is 0.283 e. The van der Waals surface area contributed by atoms with Crippen LogP contribution in [0.2, 0.25) is 0 Å². The first-order valence-corrected chi connectivity index (χ1v) is 13.6. The number of carbonyl (C=O) groups is 1. The van der Waals surface area contributed by atoms with Crippen molar-refractivity contribution in [1.82, 2.24) is 4.90 Å². The number of thioether (sulfide) groups is 1. The van der Waals surface area contributed by atoms with E-state index in [4.69, 9.17) is 19.6 Å². The van der Waals surface area contributed by atoms with E-state index in [1.807, 2.05) is 73.0 Å². The van der Waals surface area contributed by atoms with Crippen LogP contribution in [0, 0.1) is 5.41 Å². The Morgan fingerprint density at radius 3 is 2.50 bits per heavy atom. The SMILES string of the molecule is CCOc1cc(C=C2C(=N)N3C(c4ccccc4)=CSC3=NC2=O)ccc1OCCOc1ccc(Br)cc1. The van der Waals surface area contributed by atoms with Gasteiger partial charge in [0.15, 0.2) is 16.7 Å². The Kier molecular flexibility index (Phi) is 7.95. The Morgan fingerprint density at radius 2 is 1.74 bits per heavy atom. The number of carbonyl (C=O) groups excluding carboxylic acids is 1. The van der Waals surface area contributed by atoms with Gasteiger partial charge < -0.3 is 14.2 Å². The number of benzene rings is 3. The molecular weight excluding hydrogens is 566 g/mol. The van der Waals surface area contributed by atoms with Crippen molar-refractivity contribution in [3.8, 4) is 17.2 Å². The average Bonchev–Trinajstić information content (AvgIpc) is 3.35. The minimum atomic E-state index is -0.445. The molecule has 0 atom stereocenters. The lowest BCUT2D eigenvalue weighted by Gasteiger charge is -2.27. The first kappa shape index (κ1) is 25.8. The van der Waals surface area contributed by atoms with Crippen molar-refractivity contribution in [2.45, 2.75) is 6.92 Å². The molecule has 0 fully saturated rings. The molecule has 1 N–H and O–H groups in total. The number of halogens is 1. The second kappa shape index (κ2) is 11.7. The Labute approximate surface area is 233 Å². The van der Waals surface area contributed by atoms with Gasteiger partial charge in [0, 0.05) is 9.88 Å². The van der Waals surface area contributed by atoms with Gasteiger partial charge in [0.05, 0.1) is 17.9 Å². The molecule has 2 aliphatic rings. The van der Waals surface area contributed by atoms with Crippen molar-refractivity contribution in [3.05, 3.63) is 99.4 Å². The van der Waals surface area contributed by atoms with E-state index in [1.165, 1.54) is 11.8 Å². The molecule has 1 amide bonds. The molecule has 2 aliphatic heterocycles. The molecule has 3 aromatic rings. The summed E-state index contributed by atoms with van der Waals surface area (Å²) in [5, 5.41) is 11.2. The van der Waals surface area contributed by atoms with Crippen LogP contribution in [-0.4, -0.2) is 41.6 Å². The lowest BCUT2D eigenvalue weighted by Crippen LogP contribution is -2.38. The fourth-order valence-electron chi connectivity index (χ4n) is 3.93. The van der Waals surface area contributed by atoms with Gasteiger partial charge in [-0.25, -0.2) is 0 Å². The minimum Gasteiger partial charge on any atom is -0.490 e. The number of nitrogens with zero attached hydrogens (tertiary/aromatic N) is 2. The summed E-state index contributed by atoms with van der Waals surface area (Å²) in [5.41, 5.74) is 2.68. The summed E-state index contributed by atoms with van der Waals surface area (Å²) in [7, 11) is 0. The number of amidine groups is 2. The highest BCUT2D eigenvalue weighted by Gasteiger charge is 2.36. The van der Waals surface area contributed by atoms with Gasteiger partial charge in [-0.2, -0.15) is 4.99 Å². The van der Waals surface area contributed by atoms with Crippen LogP contribution in [0.4, 0.5) is 0 Å². The summed E-state index contributed by atoms with van der Waals surface area (Å²) in [5.74, 6) is 1.52. The van der Waals surface area contributed by atoms with Crippen LogP contribution in [0.15, 0.2) is 93.2 Å². The van der Waals surface area contributed by atoms with Crippen molar-refractivity contribution in [1.29, 1.82) is 5.41 Å². The molecule has 0 unspecified atom stereocenters. The largest absolute Gasteiger partial charge is 0.490 e. The molecule has 0 radical (unpaired) electrons. The van der Waals surface area contributed by atoms with Crippen molar-refractivity contribution in [2.75, 3.05) is 19.8 Å². The van der Waals surface area contributed by atoms with Crippen LogP contribution in [0.1, 0.15) is 18.1 Å². The summed E-state index contributed by atoms with van der Waals surface area (Å²) >= 11 is 4.75. The highest BCUT2D eigenvalue weighted by molar-refractivity contribution is 9.10. The van der Waals surface area contributed by atoms with Gasteiger partial charge >= 0.3 is 0 Å². The molecule has 38 heavy (non-hydrogen) atoms. The summed E-state index contributed by atoms with van der Waals surface area (Å²) in [6.07, 6.45) is 1.67. The zero-order valence-corrected chi connectivity index (χ0v) is 22.9. The van der Waals surface area contributed by atoms with E-state index in [0.29, 0.717) is 42.1 Å². The lowest BCUT2D eigenvalue weighted by atomic mass is 10.1. The fraction of sp³-hybridized carbons (Fsp3) is 0.138. The van der Waals surface area contributed by atoms with Gasteiger partial charge in [-0.3, -0.25) is 15.1 Å². The molecule has 2 heterocycles. The first-order valence-electron chi connectivity index (χ1n) is 12.0. The highest BCUT2D eigenvalue weighted by atomic mass is 79.9. The van der Waals surface area contributed by atoms with Gasteiger partial charge in [0.25, 0.3) is 5.91 Å². The third-order valence-electron chi connectivity index (χ3n) is 5.69. The van der Waals surface area contributed by atoms with Gasteiger partial charge in [-0.1, -0.05) is 64.1 Å². The number of nitrogens with one attached hydrogen (secondary N) is 1. The second-order valence-electron chi connectivity index (χ2n) is 8.22. The second-order valence-corrected chi connectivity index (χ2v) is 9.97. The van der Waals surface area contributed by atoms with Crippen molar-refractivity contribution < 1.29 is 19.0 Å². The Balaban J connectivity index is 1.32. The highest BCUT2D eigenvalue weighted by Crippen LogP contribution is 2.37. The lowest BCUT2D eigenvalue weighted by molar-refractivity contribution is -0.114. The maximum absolute atomic E-state index is 12.9. The molecule has 0 saturated carbocycles. The molecular formula is C29H24BrN3O4S. The molecule has 192 valence electrons. The van der Waals surface area contributed by atoms with E-state index >= 15 is 0 Å². The number of hydrogen-bond donors (Lipinski definition) is 1. The first-order chi connectivity index (χ1) is 18.5. The number of rotatable bonds is 9. The standard InChI is InChI=1S/C29H24BrN3O4S/c1-2-35-26-17-19(8-13-25(26)37-15-14-36-22-11-9-21(30)10-12-22)16-23-27(31)33-24(20-6-4-3-5-7-20)18-38-29(33)32-28(23)34/h3-13,16-18,31H,2,14-15H2,1H3. The predicted molar refractivity (Wildman–Crippen MR) is 155 cm³/mol.